The van der Waals surface area contributed by atoms with Crippen molar-refractivity contribution in [2.75, 3.05) is 13.1 Å². The quantitative estimate of drug-likeness (QED) is 0.928. The zero-order valence-corrected chi connectivity index (χ0v) is 12.5. The molecule has 0 aliphatic carbocycles. The van der Waals surface area contributed by atoms with Gasteiger partial charge in [0, 0.05) is 19.0 Å². The van der Waals surface area contributed by atoms with Crippen LogP contribution in [-0.4, -0.2) is 41.2 Å². The Bertz CT molecular complexity index is 478. The minimum Gasteiger partial charge on any atom is -0.479 e. The predicted octanol–water partition coefficient (Wildman–Crippen LogP) is 2.34. The van der Waals surface area contributed by atoms with Gasteiger partial charge in [0.2, 0.25) is 0 Å². The van der Waals surface area contributed by atoms with Gasteiger partial charge in [0.05, 0.1) is 11.1 Å². The van der Waals surface area contributed by atoms with Crippen molar-refractivity contribution < 1.29 is 14.6 Å². The van der Waals surface area contributed by atoms with Crippen LogP contribution in [0.2, 0.25) is 5.02 Å². The molecule has 0 saturated carbocycles. The van der Waals surface area contributed by atoms with Crippen molar-refractivity contribution >= 4 is 17.5 Å². The molecule has 1 aliphatic heterocycles. The first kappa shape index (κ1) is 15.1. The summed E-state index contributed by atoms with van der Waals surface area (Å²) in [7, 11) is 0. The van der Waals surface area contributed by atoms with Crippen LogP contribution in [-0.2, 0) is 4.79 Å². The standard InChI is InChI=1S/C15H20ClNO3/c1-10(18)12-7-8-17(9-12)15(19)11(2)20-14-6-4-3-5-13(14)16/h3-6,10-12,18H,7-9H2,1-2H3. The van der Waals surface area contributed by atoms with E-state index < -0.39 is 6.10 Å². The van der Waals surface area contributed by atoms with Gasteiger partial charge < -0.3 is 14.7 Å². The lowest BCUT2D eigenvalue weighted by molar-refractivity contribution is -0.137. The Hall–Kier alpha value is -1.26. The zero-order chi connectivity index (χ0) is 14.7. The molecule has 1 aromatic carbocycles. The average Bonchev–Trinajstić information content (AvgIpc) is 2.90. The summed E-state index contributed by atoms with van der Waals surface area (Å²) >= 11 is 6.01. The molecule has 1 N–H and O–H groups in total. The van der Waals surface area contributed by atoms with Crippen molar-refractivity contribution in [3.8, 4) is 5.75 Å². The minimum atomic E-state index is -0.581. The van der Waals surface area contributed by atoms with Crippen LogP contribution < -0.4 is 4.74 Å². The summed E-state index contributed by atoms with van der Waals surface area (Å²) in [5.74, 6) is 0.612. The number of ether oxygens (including phenoxy) is 1. The second-order valence-corrected chi connectivity index (χ2v) is 5.67. The number of hydrogen-bond acceptors (Lipinski definition) is 3. The number of likely N-dealkylation sites (tertiary alicyclic amines) is 1. The van der Waals surface area contributed by atoms with Gasteiger partial charge in [0.15, 0.2) is 6.10 Å². The first-order valence-corrected chi connectivity index (χ1v) is 7.25. The van der Waals surface area contributed by atoms with Crippen molar-refractivity contribution in [2.45, 2.75) is 32.5 Å². The first-order valence-electron chi connectivity index (χ1n) is 6.87. The summed E-state index contributed by atoms with van der Waals surface area (Å²) in [5, 5.41) is 10.1. The number of carbonyl (C=O) groups excluding carboxylic acids is 1. The lowest BCUT2D eigenvalue weighted by atomic mass is 10.0. The third-order valence-corrected chi connectivity index (χ3v) is 4.02. The second-order valence-electron chi connectivity index (χ2n) is 5.26. The van der Waals surface area contributed by atoms with Crippen LogP contribution in [0.5, 0.6) is 5.75 Å². The number of halogens is 1. The third kappa shape index (κ3) is 3.44. The number of carbonyl (C=O) groups is 1. The fraction of sp³-hybridized carbons (Fsp3) is 0.533. The molecule has 1 amide bonds. The maximum atomic E-state index is 12.3. The minimum absolute atomic E-state index is 0.0620. The van der Waals surface area contributed by atoms with Gasteiger partial charge in [0.1, 0.15) is 5.75 Å². The Kier molecular flexibility index (Phi) is 4.89. The number of rotatable bonds is 4. The number of aliphatic hydroxyl groups excluding tert-OH is 1. The Morgan fingerprint density at radius 3 is 2.75 bits per heavy atom. The highest BCUT2D eigenvalue weighted by Crippen LogP contribution is 2.26. The highest BCUT2D eigenvalue weighted by molar-refractivity contribution is 6.32. The van der Waals surface area contributed by atoms with Crippen LogP contribution in [0.4, 0.5) is 0 Å². The molecule has 4 nitrogen and oxygen atoms in total. The molecule has 3 unspecified atom stereocenters. The van der Waals surface area contributed by atoms with Gasteiger partial charge in [-0.1, -0.05) is 23.7 Å². The van der Waals surface area contributed by atoms with E-state index in [4.69, 9.17) is 16.3 Å². The SMILES string of the molecule is CC(Oc1ccccc1Cl)C(=O)N1CCC(C(C)O)C1. The number of benzene rings is 1. The van der Waals surface area contributed by atoms with E-state index in [1.54, 1.807) is 30.9 Å². The maximum absolute atomic E-state index is 12.3. The van der Waals surface area contributed by atoms with Crippen LogP contribution in [0.15, 0.2) is 24.3 Å². The molecule has 1 heterocycles. The topological polar surface area (TPSA) is 49.8 Å². The highest BCUT2D eigenvalue weighted by Gasteiger charge is 2.32. The Morgan fingerprint density at radius 1 is 1.45 bits per heavy atom. The summed E-state index contributed by atoms with van der Waals surface area (Å²) in [6, 6.07) is 7.11. The summed E-state index contributed by atoms with van der Waals surface area (Å²) in [4.78, 5) is 14.1. The van der Waals surface area contributed by atoms with Crippen LogP contribution in [0, 0.1) is 5.92 Å². The van der Waals surface area contributed by atoms with Gasteiger partial charge in [-0.2, -0.15) is 0 Å². The largest absolute Gasteiger partial charge is 0.479 e. The van der Waals surface area contributed by atoms with E-state index in [1.807, 2.05) is 12.1 Å². The van der Waals surface area contributed by atoms with Gasteiger partial charge >= 0.3 is 0 Å². The molecule has 5 heteroatoms. The number of para-hydroxylation sites is 1. The normalized spacial score (nSPS) is 21.6. The Balaban J connectivity index is 1.95. The van der Waals surface area contributed by atoms with Crippen molar-refractivity contribution in [3.05, 3.63) is 29.3 Å². The number of nitrogens with zero attached hydrogens (tertiary/aromatic N) is 1. The molecule has 1 aromatic rings. The van der Waals surface area contributed by atoms with Gasteiger partial charge in [0.25, 0.3) is 5.91 Å². The molecule has 1 saturated heterocycles. The molecule has 110 valence electrons. The van der Waals surface area contributed by atoms with E-state index in [9.17, 15) is 9.90 Å². The number of aliphatic hydroxyl groups is 1. The molecular weight excluding hydrogens is 278 g/mol. The molecule has 0 aromatic heterocycles. The van der Waals surface area contributed by atoms with E-state index in [0.29, 0.717) is 23.9 Å². The molecule has 0 radical (unpaired) electrons. The van der Waals surface area contributed by atoms with E-state index in [1.165, 1.54) is 0 Å². The summed E-state index contributed by atoms with van der Waals surface area (Å²) in [6.07, 6.45) is -0.127. The van der Waals surface area contributed by atoms with Gasteiger partial charge in [-0.15, -0.1) is 0 Å². The number of hydrogen-bond donors (Lipinski definition) is 1. The monoisotopic (exact) mass is 297 g/mol. The van der Waals surface area contributed by atoms with E-state index in [0.717, 1.165) is 6.42 Å². The molecule has 20 heavy (non-hydrogen) atoms. The Morgan fingerprint density at radius 2 is 2.15 bits per heavy atom. The molecule has 3 atom stereocenters. The molecular formula is C15H20ClNO3. The van der Waals surface area contributed by atoms with Crippen molar-refractivity contribution in [1.82, 2.24) is 4.90 Å². The van der Waals surface area contributed by atoms with Crippen LogP contribution >= 0.6 is 11.6 Å². The van der Waals surface area contributed by atoms with Gasteiger partial charge in [-0.3, -0.25) is 4.79 Å². The fourth-order valence-electron chi connectivity index (χ4n) is 2.42. The first-order chi connectivity index (χ1) is 9.49. The maximum Gasteiger partial charge on any atom is 0.263 e. The summed E-state index contributed by atoms with van der Waals surface area (Å²) < 4.78 is 5.63. The van der Waals surface area contributed by atoms with Crippen molar-refractivity contribution in [3.63, 3.8) is 0 Å². The van der Waals surface area contributed by atoms with Crippen LogP contribution in [0.25, 0.3) is 0 Å². The predicted molar refractivity (Wildman–Crippen MR) is 77.9 cm³/mol. The lowest BCUT2D eigenvalue weighted by Gasteiger charge is -2.22. The smallest absolute Gasteiger partial charge is 0.263 e. The third-order valence-electron chi connectivity index (χ3n) is 3.71. The number of amides is 1. The van der Waals surface area contributed by atoms with Gasteiger partial charge in [-0.25, -0.2) is 0 Å². The van der Waals surface area contributed by atoms with Crippen molar-refractivity contribution in [1.29, 1.82) is 0 Å². The molecule has 2 rings (SSSR count). The van der Waals surface area contributed by atoms with E-state index in [-0.39, 0.29) is 17.9 Å². The molecule has 1 aliphatic rings. The van der Waals surface area contributed by atoms with Crippen molar-refractivity contribution in [2.24, 2.45) is 5.92 Å². The van der Waals surface area contributed by atoms with E-state index in [2.05, 4.69) is 0 Å². The summed E-state index contributed by atoms with van der Waals surface area (Å²) in [5.41, 5.74) is 0. The van der Waals surface area contributed by atoms with Gasteiger partial charge in [-0.05, 0) is 32.4 Å². The molecule has 0 bridgehead atoms. The highest BCUT2D eigenvalue weighted by atomic mass is 35.5. The fourth-order valence-corrected chi connectivity index (χ4v) is 2.60. The van der Waals surface area contributed by atoms with Crippen LogP contribution in [0.1, 0.15) is 20.3 Å². The Labute approximate surface area is 124 Å². The average molecular weight is 298 g/mol. The van der Waals surface area contributed by atoms with Crippen LogP contribution in [0.3, 0.4) is 0 Å². The molecule has 1 fully saturated rings. The second kappa shape index (κ2) is 6.46. The van der Waals surface area contributed by atoms with E-state index >= 15 is 0 Å². The lowest BCUT2D eigenvalue weighted by Crippen LogP contribution is -2.39. The summed E-state index contributed by atoms with van der Waals surface area (Å²) in [6.45, 7) is 4.75. The zero-order valence-electron chi connectivity index (χ0n) is 11.8. The molecule has 0 spiro atoms.